The summed E-state index contributed by atoms with van der Waals surface area (Å²) in [6.07, 6.45) is 7.09. The van der Waals surface area contributed by atoms with Gasteiger partial charge in [-0.05, 0) is 25.0 Å². The van der Waals surface area contributed by atoms with Crippen LogP contribution in [0, 0.1) is 11.3 Å². The van der Waals surface area contributed by atoms with Crippen molar-refractivity contribution in [2.45, 2.75) is 18.3 Å². The largest absolute Gasteiger partial charge is 0.341 e. The van der Waals surface area contributed by atoms with E-state index in [1.54, 1.807) is 18.6 Å². The molecule has 1 saturated carbocycles. The summed E-state index contributed by atoms with van der Waals surface area (Å²) in [4.78, 5) is 11.5. The zero-order chi connectivity index (χ0) is 11.0. The number of pyridine rings is 1. The van der Waals surface area contributed by atoms with E-state index in [9.17, 15) is 0 Å². The number of hydrogen-bond acceptors (Lipinski definition) is 3. The van der Waals surface area contributed by atoms with Crippen molar-refractivity contribution in [3.8, 4) is 17.3 Å². The average molecular weight is 210 g/mol. The quantitative estimate of drug-likeness (QED) is 0.824. The molecule has 4 heteroatoms. The Kier molecular flexibility index (Phi) is 1.80. The van der Waals surface area contributed by atoms with Gasteiger partial charge in [-0.2, -0.15) is 5.26 Å². The number of imidazole rings is 1. The lowest BCUT2D eigenvalue weighted by atomic mass is 10.1. The molecule has 0 aliphatic heterocycles. The van der Waals surface area contributed by atoms with E-state index in [1.807, 2.05) is 12.1 Å². The summed E-state index contributed by atoms with van der Waals surface area (Å²) in [6, 6.07) is 6.17. The summed E-state index contributed by atoms with van der Waals surface area (Å²) in [5.74, 6) is 0.793. The number of nitrogens with zero attached hydrogens (tertiary/aromatic N) is 3. The van der Waals surface area contributed by atoms with Gasteiger partial charge in [0.05, 0.1) is 18.0 Å². The van der Waals surface area contributed by atoms with Crippen molar-refractivity contribution < 1.29 is 0 Å². The van der Waals surface area contributed by atoms with Gasteiger partial charge < -0.3 is 4.98 Å². The Balaban J connectivity index is 1.98. The number of H-pyrrole nitrogens is 1. The van der Waals surface area contributed by atoms with E-state index >= 15 is 0 Å². The fraction of sp³-hybridized carbons (Fsp3) is 0.250. The first kappa shape index (κ1) is 9.10. The first-order chi connectivity index (χ1) is 7.84. The van der Waals surface area contributed by atoms with Gasteiger partial charge in [-0.3, -0.25) is 4.98 Å². The van der Waals surface area contributed by atoms with Crippen LogP contribution < -0.4 is 0 Å². The molecule has 0 spiro atoms. The molecule has 0 radical (unpaired) electrons. The van der Waals surface area contributed by atoms with E-state index in [1.165, 1.54) is 0 Å². The molecule has 0 saturated heterocycles. The minimum Gasteiger partial charge on any atom is -0.341 e. The van der Waals surface area contributed by atoms with Crippen molar-refractivity contribution in [1.82, 2.24) is 15.0 Å². The number of aromatic nitrogens is 3. The molecule has 0 bridgehead atoms. The molecule has 2 aromatic rings. The molecule has 16 heavy (non-hydrogen) atoms. The molecule has 1 aliphatic rings. The van der Waals surface area contributed by atoms with Gasteiger partial charge >= 0.3 is 0 Å². The van der Waals surface area contributed by atoms with Crippen molar-refractivity contribution in [1.29, 1.82) is 5.26 Å². The van der Waals surface area contributed by atoms with Crippen LogP contribution in [0.2, 0.25) is 0 Å². The van der Waals surface area contributed by atoms with Crippen molar-refractivity contribution in [2.24, 2.45) is 0 Å². The van der Waals surface area contributed by atoms with Gasteiger partial charge in [0.1, 0.15) is 11.2 Å². The molecular formula is C12H10N4. The highest BCUT2D eigenvalue weighted by Gasteiger charge is 2.47. The molecule has 0 amide bonds. The van der Waals surface area contributed by atoms with Crippen molar-refractivity contribution in [2.75, 3.05) is 0 Å². The van der Waals surface area contributed by atoms with E-state index in [-0.39, 0.29) is 5.41 Å². The third kappa shape index (κ3) is 1.29. The van der Waals surface area contributed by atoms with Gasteiger partial charge in [0.15, 0.2) is 0 Å². The van der Waals surface area contributed by atoms with Crippen molar-refractivity contribution in [3.05, 3.63) is 36.5 Å². The second-order valence-electron chi connectivity index (χ2n) is 4.08. The summed E-state index contributed by atoms with van der Waals surface area (Å²) >= 11 is 0. The molecule has 0 aromatic carbocycles. The molecule has 2 heterocycles. The summed E-state index contributed by atoms with van der Waals surface area (Å²) in [5, 5.41) is 9.07. The third-order valence-corrected chi connectivity index (χ3v) is 2.98. The lowest BCUT2D eigenvalue weighted by Gasteiger charge is -1.99. The average Bonchev–Trinajstić information content (AvgIpc) is 3.00. The van der Waals surface area contributed by atoms with Gasteiger partial charge in [0.2, 0.25) is 0 Å². The van der Waals surface area contributed by atoms with Gasteiger partial charge in [0.25, 0.3) is 0 Å². The lowest BCUT2D eigenvalue weighted by Crippen LogP contribution is -2.04. The zero-order valence-electron chi connectivity index (χ0n) is 8.64. The smallest absolute Gasteiger partial charge is 0.127 e. The highest BCUT2D eigenvalue weighted by molar-refractivity contribution is 5.58. The SMILES string of the molecule is N#CC1(c2ncc(-c3ccncc3)[nH]2)CC1. The predicted molar refractivity (Wildman–Crippen MR) is 58.3 cm³/mol. The van der Waals surface area contributed by atoms with Crippen LogP contribution in [0.5, 0.6) is 0 Å². The van der Waals surface area contributed by atoms with Crippen LogP contribution in [-0.4, -0.2) is 15.0 Å². The molecular weight excluding hydrogens is 200 g/mol. The van der Waals surface area contributed by atoms with E-state index < -0.39 is 0 Å². The highest BCUT2D eigenvalue weighted by atomic mass is 15.0. The van der Waals surface area contributed by atoms with Gasteiger partial charge in [-0.1, -0.05) is 0 Å². The van der Waals surface area contributed by atoms with Crippen LogP contribution in [-0.2, 0) is 5.41 Å². The lowest BCUT2D eigenvalue weighted by molar-refractivity contribution is 0.822. The van der Waals surface area contributed by atoms with Gasteiger partial charge in [-0.25, -0.2) is 4.98 Å². The molecule has 1 N–H and O–H groups in total. The maximum Gasteiger partial charge on any atom is 0.127 e. The summed E-state index contributed by atoms with van der Waals surface area (Å²) < 4.78 is 0. The maximum atomic E-state index is 9.07. The number of rotatable bonds is 2. The fourth-order valence-electron chi connectivity index (χ4n) is 1.77. The van der Waals surface area contributed by atoms with Crippen LogP contribution in [0.4, 0.5) is 0 Å². The fourth-order valence-corrected chi connectivity index (χ4v) is 1.77. The second kappa shape index (κ2) is 3.17. The Bertz CT molecular complexity index is 546. The molecule has 1 fully saturated rings. The Morgan fingerprint density at radius 3 is 2.69 bits per heavy atom. The highest BCUT2D eigenvalue weighted by Crippen LogP contribution is 2.46. The minimum absolute atomic E-state index is 0.342. The second-order valence-corrected chi connectivity index (χ2v) is 4.08. The zero-order valence-corrected chi connectivity index (χ0v) is 8.64. The molecule has 4 nitrogen and oxygen atoms in total. The molecule has 78 valence electrons. The van der Waals surface area contributed by atoms with E-state index in [0.29, 0.717) is 0 Å². The summed E-state index contributed by atoms with van der Waals surface area (Å²) in [6.45, 7) is 0. The molecule has 3 rings (SSSR count). The normalized spacial score (nSPS) is 16.7. The first-order valence-electron chi connectivity index (χ1n) is 5.21. The Morgan fingerprint density at radius 1 is 1.31 bits per heavy atom. The number of aromatic amines is 1. The number of nitriles is 1. The summed E-state index contributed by atoms with van der Waals surface area (Å²) in [5.41, 5.74) is 1.65. The topological polar surface area (TPSA) is 65.4 Å². The van der Waals surface area contributed by atoms with Crippen LogP contribution >= 0.6 is 0 Å². The van der Waals surface area contributed by atoms with Gasteiger partial charge in [0, 0.05) is 18.0 Å². The Labute approximate surface area is 93.0 Å². The van der Waals surface area contributed by atoms with Crippen LogP contribution in [0.1, 0.15) is 18.7 Å². The predicted octanol–water partition coefficient (Wildman–Crippen LogP) is 2.03. The van der Waals surface area contributed by atoms with Crippen LogP contribution in [0.15, 0.2) is 30.7 Å². The van der Waals surface area contributed by atoms with E-state index in [4.69, 9.17) is 5.26 Å². The monoisotopic (exact) mass is 210 g/mol. The van der Waals surface area contributed by atoms with E-state index in [0.717, 1.165) is 29.9 Å². The molecule has 0 unspecified atom stereocenters. The van der Waals surface area contributed by atoms with Crippen LogP contribution in [0.3, 0.4) is 0 Å². The van der Waals surface area contributed by atoms with E-state index in [2.05, 4.69) is 21.0 Å². The maximum absolute atomic E-state index is 9.07. The summed E-state index contributed by atoms with van der Waals surface area (Å²) in [7, 11) is 0. The van der Waals surface area contributed by atoms with Crippen molar-refractivity contribution >= 4 is 0 Å². The minimum atomic E-state index is -0.342. The van der Waals surface area contributed by atoms with Gasteiger partial charge in [-0.15, -0.1) is 0 Å². The molecule has 1 aliphatic carbocycles. The molecule has 2 aromatic heterocycles. The standard InChI is InChI=1S/C12H10N4/c13-8-12(3-4-12)11-15-7-10(16-11)9-1-5-14-6-2-9/h1-2,5-7H,3-4H2,(H,15,16). The Hall–Kier alpha value is -2.15. The number of nitrogens with one attached hydrogen (secondary N) is 1. The van der Waals surface area contributed by atoms with Crippen LogP contribution in [0.25, 0.3) is 11.3 Å². The Morgan fingerprint density at radius 2 is 2.06 bits per heavy atom. The first-order valence-corrected chi connectivity index (χ1v) is 5.21. The molecule has 0 atom stereocenters. The third-order valence-electron chi connectivity index (χ3n) is 2.98. The number of hydrogen-bond donors (Lipinski definition) is 1. The van der Waals surface area contributed by atoms with Crippen molar-refractivity contribution in [3.63, 3.8) is 0 Å².